The molecule has 0 aromatic heterocycles. The second kappa shape index (κ2) is 3.96. The summed E-state index contributed by atoms with van der Waals surface area (Å²) in [5, 5.41) is 3.33. The number of hydrogen-bond acceptors (Lipinski definition) is 1. The maximum Gasteiger partial charge on any atom is 0.0741 e. The zero-order chi connectivity index (χ0) is 9.83. The zero-order valence-corrected chi connectivity index (χ0v) is 8.99. The fourth-order valence-electron chi connectivity index (χ4n) is 0.801. The molecular weight excluding hydrogens is 146 g/mol. The Morgan fingerprint density at radius 1 is 1.17 bits per heavy atom. The number of terminal acetylenes is 1. The fraction of sp³-hybridized carbons (Fsp3) is 0.818. The molecule has 0 aliphatic rings. The molecule has 0 spiro atoms. The van der Waals surface area contributed by atoms with Crippen LogP contribution in [0.3, 0.4) is 0 Å². The maximum atomic E-state index is 5.34. The van der Waals surface area contributed by atoms with Gasteiger partial charge >= 0.3 is 0 Å². The third-order valence-electron chi connectivity index (χ3n) is 1.80. The monoisotopic (exact) mass is 167 g/mol. The third kappa shape index (κ3) is 6.24. The first-order valence-electron chi connectivity index (χ1n) is 4.50. The van der Waals surface area contributed by atoms with Gasteiger partial charge < -0.3 is 5.32 Å². The molecule has 0 radical (unpaired) electrons. The summed E-state index contributed by atoms with van der Waals surface area (Å²) in [6.45, 7) is 11.7. The van der Waals surface area contributed by atoms with E-state index in [2.05, 4.69) is 32.0 Å². The lowest BCUT2D eigenvalue weighted by atomic mass is 9.92. The van der Waals surface area contributed by atoms with Gasteiger partial charge in [-0.25, -0.2) is 0 Å². The fourth-order valence-corrected chi connectivity index (χ4v) is 0.801. The van der Waals surface area contributed by atoms with Crippen molar-refractivity contribution in [1.29, 1.82) is 0 Å². The molecule has 0 fully saturated rings. The van der Waals surface area contributed by atoms with Gasteiger partial charge in [-0.15, -0.1) is 6.42 Å². The van der Waals surface area contributed by atoms with E-state index in [0.29, 0.717) is 5.41 Å². The first kappa shape index (κ1) is 11.5. The average Bonchev–Trinajstić information content (AvgIpc) is 1.84. The third-order valence-corrected chi connectivity index (χ3v) is 1.80. The first-order chi connectivity index (χ1) is 5.27. The van der Waals surface area contributed by atoms with Gasteiger partial charge in [0.1, 0.15) is 0 Å². The summed E-state index contributed by atoms with van der Waals surface area (Å²) < 4.78 is 0. The Kier molecular flexibility index (Phi) is 3.80. The second-order valence-corrected chi connectivity index (χ2v) is 5.01. The van der Waals surface area contributed by atoms with E-state index in [-0.39, 0.29) is 5.54 Å². The van der Waals surface area contributed by atoms with E-state index in [0.717, 1.165) is 13.0 Å². The van der Waals surface area contributed by atoms with Gasteiger partial charge in [0, 0.05) is 0 Å². The van der Waals surface area contributed by atoms with Gasteiger partial charge in [-0.2, -0.15) is 0 Å². The number of rotatable bonds is 3. The van der Waals surface area contributed by atoms with Crippen molar-refractivity contribution in [2.24, 2.45) is 5.41 Å². The summed E-state index contributed by atoms with van der Waals surface area (Å²) in [6.07, 6.45) is 6.49. The highest BCUT2D eigenvalue weighted by Gasteiger charge is 2.15. The summed E-state index contributed by atoms with van der Waals surface area (Å²) in [5.74, 6) is 2.72. The molecule has 0 amide bonds. The Balaban J connectivity index is 3.66. The van der Waals surface area contributed by atoms with Crippen molar-refractivity contribution < 1.29 is 0 Å². The molecule has 0 heterocycles. The standard InChI is InChI=1S/C11H21N/c1-7-11(5,6)12-9-8-10(2,3)4/h1,12H,8-9H2,2-6H3. The van der Waals surface area contributed by atoms with Gasteiger partial charge in [0.15, 0.2) is 0 Å². The molecule has 0 aliphatic heterocycles. The van der Waals surface area contributed by atoms with E-state index in [4.69, 9.17) is 6.42 Å². The topological polar surface area (TPSA) is 12.0 Å². The van der Waals surface area contributed by atoms with Gasteiger partial charge in [0.25, 0.3) is 0 Å². The van der Waals surface area contributed by atoms with Crippen molar-refractivity contribution >= 4 is 0 Å². The van der Waals surface area contributed by atoms with E-state index in [1.165, 1.54) is 0 Å². The predicted octanol–water partition coefficient (Wildman–Crippen LogP) is 2.42. The minimum Gasteiger partial charge on any atom is -0.302 e. The lowest BCUT2D eigenvalue weighted by molar-refractivity contribution is 0.347. The van der Waals surface area contributed by atoms with E-state index in [1.807, 2.05) is 13.8 Å². The van der Waals surface area contributed by atoms with Crippen molar-refractivity contribution in [1.82, 2.24) is 5.32 Å². The lowest BCUT2D eigenvalue weighted by Gasteiger charge is -2.23. The molecule has 1 nitrogen and oxygen atoms in total. The van der Waals surface area contributed by atoms with Crippen molar-refractivity contribution in [2.75, 3.05) is 6.54 Å². The molecule has 0 rings (SSSR count). The Hall–Kier alpha value is -0.480. The molecule has 0 saturated heterocycles. The zero-order valence-electron chi connectivity index (χ0n) is 8.99. The van der Waals surface area contributed by atoms with Crippen LogP contribution in [-0.2, 0) is 0 Å². The highest BCUT2D eigenvalue weighted by Crippen LogP contribution is 2.17. The van der Waals surface area contributed by atoms with Crippen molar-refractivity contribution in [3.05, 3.63) is 0 Å². The van der Waals surface area contributed by atoms with Crippen molar-refractivity contribution in [2.45, 2.75) is 46.6 Å². The molecule has 0 aromatic rings. The molecule has 0 atom stereocenters. The van der Waals surface area contributed by atoms with Crippen LogP contribution in [0.5, 0.6) is 0 Å². The smallest absolute Gasteiger partial charge is 0.0741 e. The van der Waals surface area contributed by atoms with E-state index in [9.17, 15) is 0 Å². The maximum absolute atomic E-state index is 5.34. The van der Waals surface area contributed by atoms with Crippen LogP contribution in [0.25, 0.3) is 0 Å². The van der Waals surface area contributed by atoms with Gasteiger partial charge in [-0.3, -0.25) is 0 Å². The van der Waals surface area contributed by atoms with Gasteiger partial charge in [-0.1, -0.05) is 26.7 Å². The van der Waals surface area contributed by atoms with Gasteiger partial charge in [0.2, 0.25) is 0 Å². The number of nitrogens with one attached hydrogen (secondary N) is 1. The summed E-state index contributed by atoms with van der Waals surface area (Å²) >= 11 is 0. The highest BCUT2D eigenvalue weighted by molar-refractivity contribution is 5.07. The normalized spacial score (nSPS) is 12.7. The van der Waals surface area contributed by atoms with Gasteiger partial charge in [-0.05, 0) is 32.2 Å². The van der Waals surface area contributed by atoms with Crippen LogP contribution in [0.2, 0.25) is 0 Å². The van der Waals surface area contributed by atoms with E-state index in [1.54, 1.807) is 0 Å². The molecule has 0 bridgehead atoms. The van der Waals surface area contributed by atoms with Crippen LogP contribution >= 0.6 is 0 Å². The van der Waals surface area contributed by atoms with Gasteiger partial charge in [0.05, 0.1) is 5.54 Å². The second-order valence-electron chi connectivity index (χ2n) is 5.01. The van der Waals surface area contributed by atoms with E-state index >= 15 is 0 Å². The molecule has 0 unspecified atom stereocenters. The Labute approximate surface area is 76.9 Å². The quantitative estimate of drug-likeness (QED) is 0.637. The minimum absolute atomic E-state index is 0.161. The van der Waals surface area contributed by atoms with Crippen LogP contribution in [0.15, 0.2) is 0 Å². The molecule has 12 heavy (non-hydrogen) atoms. The van der Waals surface area contributed by atoms with Crippen LogP contribution in [0.4, 0.5) is 0 Å². The summed E-state index contributed by atoms with van der Waals surface area (Å²) in [5.41, 5.74) is 0.225. The highest BCUT2D eigenvalue weighted by atomic mass is 14.9. The van der Waals surface area contributed by atoms with Crippen LogP contribution in [-0.4, -0.2) is 12.1 Å². The summed E-state index contributed by atoms with van der Waals surface area (Å²) in [6, 6.07) is 0. The minimum atomic E-state index is -0.161. The Morgan fingerprint density at radius 2 is 1.67 bits per heavy atom. The molecule has 0 aliphatic carbocycles. The van der Waals surface area contributed by atoms with Crippen molar-refractivity contribution in [3.63, 3.8) is 0 Å². The van der Waals surface area contributed by atoms with Crippen LogP contribution in [0, 0.1) is 17.8 Å². The molecule has 0 aromatic carbocycles. The Morgan fingerprint density at radius 3 is 2.00 bits per heavy atom. The first-order valence-corrected chi connectivity index (χ1v) is 4.50. The molecular formula is C11H21N. The Bertz CT molecular complexity index is 166. The van der Waals surface area contributed by atoms with Crippen LogP contribution < -0.4 is 5.32 Å². The predicted molar refractivity (Wildman–Crippen MR) is 55.0 cm³/mol. The number of hydrogen-bond donors (Lipinski definition) is 1. The van der Waals surface area contributed by atoms with Crippen molar-refractivity contribution in [3.8, 4) is 12.3 Å². The summed E-state index contributed by atoms with van der Waals surface area (Å²) in [4.78, 5) is 0. The molecule has 70 valence electrons. The lowest BCUT2D eigenvalue weighted by Crippen LogP contribution is -2.39. The average molecular weight is 167 g/mol. The summed E-state index contributed by atoms with van der Waals surface area (Å²) in [7, 11) is 0. The largest absolute Gasteiger partial charge is 0.302 e. The molecule has 0 saturated carbocycles. The molecule has 1 N–H and O–H groups in total. The SMILES string of the molecule is C#CC(C)(C)NCCC(C)(C)C. The van der Waals surface area contributed by atoms with E-state index < -0.39 is 0 Å². The molecule has 1 heteroatoms. The van der Waals surface area contributed by atoms with Crippen LogP contribution in [0.1, 0.15) is 41.0 Å².